The van der Waals surface area contributed by atoms with Gasteiger partial charge < -0.3 is 10.0 Å². The summed E-state index contributed by atoms with van der Waals surface area (Å²) in [6.07, 6.45) is -15.1. The van der Waals surface area contributed by atoms with Gasteiger partial charge in [0.1, 0.15) is 13.2 Å². The summed E-state index contributed by atoms with van der Waals surface area (Å²) in [6, 6.07) is -7.36. The highest BCUT2D eigenvalue weighted by Crippen LogP contribution is 2.34. The topological polar surface area (TPSA) is 50.4 Å². The summed E-state index contributed by atoms with van der Waals surface area (Å²) in [5, 5.41) is -0.999. The van der Waals surface area contributed by atoms with Gasteiger partial charge >= 0.3 is 0 Å². The molecule has 1 amide bonds. The van der Waals surface area contributed by atoms with E-state index in [1.807, 2.05) is 0 Å². The van der Waals surface area contributed by atoms with Crippen LogP contribution in [-0.2, 0) is 4.79 Å². The molecule has 0 bridgehead atoms. The molecule has 2 fully saturated rings. The smallest absolute Gasteiger partial charge is 0.243 e. The number of carbonyl (C=O) groups excluding carboxylic acids is 1. The van der Waals surface area contributed by atoms with Crippen molar-refractivity contribution in [3.8, 4) is 5.75 Å². The van der Waals surface area contributed by atoms with Crippen molar-refractivity contribution >= 4 is 5.91 Å². The molecule has 18 heavy (non-hydrogen) atoms. The predicted molar refractivity (Wildman–Crippen MR) is 68.2 cm³/mol. The van der Waals surface area contributed by atoms with Gasteiger partial charge in [-0.2, -0.15) is 0 Å². The van der Waals surface area contributed by atoms with Gasteiger partial charge in [0.25, 0.3) is 0 Å². The van der Waals surface area contributed by atoms with Gasteiger partial charge in [0.2, 0.25) is 5.91 Å². The minimum atomic E-state index is -3.81. The first-order chi connectivity index (χ1) is 14.7. The normalized spacial score (nSPS) is 54.4. The van der Waals surface area contributed by atoms with Gasteiger partial charge in [-0.05, 0) is 43.1 Å². The molecule has 1 atom stereocenters. The highest BCUT2D eigenvalue weighted by atomic mass is 16.5. The van der Waals surface area contributed by atoms with E-state index in [9.17, 15) is 4.79 Å². The number of amides is 1. The van der Waals surface area contributed by atoms with E-state index in [2.05, 4.69) is 0 Å². The first kappa shape index (κ1) is 3.51. The number of nitrogens with one attached hydrogen (secondary N) is 2. The number of ether oxygens (including phenoxy) is 1. The van der Waals surface area contributed by atoms with Crippen LogP contribution in [0, 0.1) is 0 Å². The Morgan fingerprint density at radius 1 is 1.50 bits per heavy atom. The molecule has 4 nitrogen and oxygen atoms in total. The molecule has 1 saturated carbocycles. The van der Waals surface area contributed by atoms with E-state index in [1.165, 1.54) is 0 Å². The molecule has 1 aromatic carbocycles. The van der Waals surface area contributed by atoms with Crippen molar-refractivity contribution in [3.05, 3.63) is 29.7 Å². The zero-order chi connectivity index (χ0) is 25.9. The standard InChI is InChI=1S/C14H18N2O2/c1-18-11-6-4-10(5-7-11)12-13(17)16-14(15-12)8-2-3-9-14/h4-7,12,15H,2-3,8-9H2,1H3,(H,16,17)/i2D2,3D2,4D,5D,6D,7D,8D2,9D2,12D/hD2. The Hall–Kier alpha value is -1.55. The Bertz CT molecular complexity index is 1000. The maximum absolute atomic E-state index is 13.2. The van der Waals surface area contributed by atoms with Gasteiger partial charge in [-0.25, -0.2) is 0 Å². The van der Waals surface area contributed by atoms with Crippen LogP contribution < -0.4 is 15.4 Å². The fourth-order valence-corrected chi connectivity index (χ4v) is 1.50. The van der Waals surface area contributed by atoms with E-state index in [1.54, 1.807) is 0 Å². The molecule has 4 heteroatoms. The summed E-state index contributed by atoms with van der Waals surface area (Å²) in [5.74, 6) is -2.47. The molecule has 0 radical (unpaired) electrons. The second-order valence-corrected chi connectivity index (χ2v) is 3.46. The first-order valence-electron chi connectivity index (χ1n) is 12.4. The van der Waals surface area contributed by atoms with Crippen molar-refractivity contribution in [3.63, 3.8) is 0 Å². The van der Waals surface area contributed by atoms with E-state index >= 15 is 0 Å². The minimum absolute atomic E-state index is 0.464. The second kappa shape index (κ2) is 4.28. The van der Waals surface area contributed by atoms with Crippen LogP contribution in [0.15, 0.2) is 24.2 Å². The number of carbonyl (C=O) groups is 1. The van der Waals surface area contributed by atoms with Gasteiger partial charge in [0.05, 0.1) is 19.6 Å². The van der Waals surface area contributed by atoms with Crippen LogP contribution in [0.2, 0.25) is 2.82 Å². The van der Waals surface area contributed by atoms with Crippen molar-refractivity contribution in [2.45, 2.75) is 37.2 Å². The number of methoxy groups -OCH3 is 1. The highest BCUT2D eigenvalue weighted by molar-refractivity contribution is 5.86. The summed E-state index contributed by atoms with van der Waals surface area (Å²) in [7, 11) is 1.03. The lowest BCUT2D eigenvalue weighted by Gasteiger charge is -2.23. The van der Waals surface area contributed by atoms with Crippen LogP contribution in [-0.4, -0.2) is 18.7 Å². The Labute approximate surface area is 128 Å². The van der Waals surface area contributed by atoms with Crippen LogP contribution in [0.4, 0.5) is 0 Å². The van der Waals surface area contributed by atoms with Crippen molar-refractivity contribution in [1.82, 2.24) is 10.6 Å². The molecule has 96 valence electrons. The molecule has 0 aromatic heterocycles. The SMILES string of the molecule is [2H]c1c([2H])c(C2([2H])C(=O)N([2H])C3(N2[2H])C([2H])([2H])C([2H])([2H])C([2H])([2H])C3([2H])[2H])c([2H])c([2H])c1OC. The fourth-order valence-electron chi connectivity index (χ4n) is 1.50. The quantitative estimate of drug-likeness (QED) is 0.852. The van der Waals surface area contributed by atoms with Crippen LogP contribution in [0.1, 0.15) is 54.9 Å². The van der Waals surface area contributed by atoms with Gasteiger partial charge in [0.15, 0.2) is 1.41 Å². The zero-order valence-corrected chi connectivity index (χ0v) is 9.21. The summed E-state index contributed by atoms with van der Waals surface area (Å²) in [5.41, 5.74) is -4.83. The number of hydrogen-bond donors (Lipinski definition) is 2. The van der Waals surface area contributed by atoms with Crippen molar-refractivity contribution < 1.29 is 30.2 Å². The third-order valence-electron chi connectivity index (χ3n) is 2.32. The molecule has 1 aliphatic carbocycles. The molecule has 1 aromatic rings. The molecular weight excluding hydrogens is 228 g/mol. The van der Waals surface area contributed by atoms with E-state index in [4.69, 9.17) is 25.4 Å². The third kappa shape index (κ3) is 1.86. The maximum atomic E-state index is 13.2. The van der Waals surface area contributed by atoms with Crippen LogP contribution in [0.5, 0.6) is 5.75 Å². The molecule has 2 aliphatic rings. The van der Waals surface area contributed by atoms with Crippen LogP contribution >= 0.6 is 0 Å². The Morgan fingerprint density at radius 3 is 2.78 bits per heavy atom. The van der Waals surface area contributed by atoms with Gasteiger partial charge in [-0.3, -0.25) is 10.1 Å². The molecule has 1 spiro atoms. The third-order valence-corrected chi connectivity index (χ3v) is 2.32. The number of benzene rings is 1. The summed E-state index contributed by atoms with van der Waals surface area (Å²) < 4.78 is 127. The molecule has 1 heterocycles. The predicted octanol–water partition coefficient (Wildman–Crippen LogP) is 1.73. The molecule has 2 N–H and O–H groups in total. The lowest BCUT2D eigenvalue weighted by molar-refractivity contribution is -0.121. The average molecular weight is 261 g/mol. The molecular formula is C14H18N2O2. The molecule has 3 rings (SSSR count). The van der Waals surface area contributed by atoms with Crippen molar-refractivity contribution in [2.75, 3.05) is 7.11 Å². The monoisotopic (exact) mass is 261 g/mol. The zero-order valence-electron chi connectivity index (χ0n) is 24.2. The summed E-state index contributed by atoms with van der Waals surface area (Å²) >= 11 is 0. The highest BCUT2D eigenvalue weighted by Gasteiger charge is 2.45. The van der Waals surface area contributed by atoms with Gasteiger partial charge in [-0.1, -0.05) is 12.1 Å². The fraction of sp³-hybridized carbons (Fsp3) is 0.500. The molecule has 1 aliphatic heterocycles. The Morgan fingerprint density at radius 2 is 2.17 bits per heavy atom. The lowest BCUT2D eigenvalue weighted by atomic mass is 10.1. The van der Waals surface area contributed by atoms with Gasteiger partial charge in [0, 0.05) is 11.0 Å². The molecule has 1 saturated heterocycles. The summed E-state index contributed by atoms with van der Waals surface area (Å²) in [4.78, 5) is 13.2. The van der Waals surface area contributed by atoms with E-state index in [0.717, 1.165) is 7.11 Å². The Kier molecular flexibility index (Phi) is 0.835. The number of hydrogen-bond acceptors (Lipinski definition) is 3. The number of rotatable bonds is 2. The van der Waals surface area contributed by atoms with E-state index in [-0.39, 0.29) is 0 Å². The summed E-state index contributed by atoms with van der Waals surface area (Å²) in [6.45, 7) is 0. The first-order valence-corrected chi connectivity index (χ1v) is 4.96. The maximum Gasteiger partial charge on any atom is 0.243 e. The Balaban J connectivity index is 2.47. The van der Waals surface area contributed by atoms with Crippen molar-refractivity contribution in [2.24, 2.45) is 0 Å². The lowest BCUT2D eigenvalue weighted by Crippen LogP contribution is -2.46. The minimum Gasteiger partial charge on any atom is -0.497 e. The average Bonchev–Trinajstić information content (AvgIpc) is 2.89. The van der Waals surface area contributed by atoms with Crippen molar-refractivity contribution in [1.29, 1.82) is 0 Å². The largest absolute Gasteiger partial charge is 0.497 e. The van der Waals surface area contributed by atoms with E-state index in [0.29, 0.717) is 0 Å². The van der Waals surface area contributed by atoms with Gasteiger partial charge in [-0.15, -0.1) is 0 Å². The molecule has 1 unspecified atom stereocenters. The second-order valence-electron chi connectivity index (χ2n) is 3.46. The van der Waals surface area contributed by atoms with E-state index < -0.39 is 89.2 Å². The van der Waals surface area contributed by atoms with Crippen LogP contribution in [0.3, 0.4) is 0 Å². The van der Waals surface area contributed by atoms with Crippen LogP contribution in [0.25, 0.3) is 0 Å².